The van der Waals surface area contributed by atoms with E-state index in [1.807, 2.05) is 24.3 Å². The lowest BCUT2D eigenvalue weighted by molar-refractivity contribution is -0.137. The highest BCUT2D eigenvalue weighted by molar-refractivity contribution is 6.36. The van der Waals surface area contributed by atoms with Gasteiger partial charge in [0.15, 0.2) is 0 Å². The molecule has 1 aliphatic heterocycles. The quantitative estimate of drug-likeness (QED) is 0.528. The third-order valence-corrected chi connectivity index (χ3v) is 5.55. The topological polar surface area (TPSA) is 67.9 Å². The molecular weight excluding hydrogens is 428 g/mol. The van der Waals surface area contributed by atoms with Gasteiger partial charge in [-0.1, -0.05) is 60.1 Å². The van der Waals surface area contributed by atoms with Crippen LogP contribution in [0.4, 0.5) is 5.69 Å². The molecule has 3 aromatic rings. The average Bonchev–Trinajstić information content (AvgIpc) is 3.05. The molecule has 0 aliphatic carbocycles. The van der Waals surface area contributed by atoms with Crippen molar-refractivity contribution < 1.29 is 19.1 Å². The first kappa shape index (κ1) is 21.5. The van der Waals surface area contributed by atoms with Crippen LogP contribution in [0.2, 0.25) is 5.02 Å². The first-order valence-corrected chi connectivity index (χ1v) is 10.3. The van der Waals surface area contributed by atoms with Crippen molar-refractivity contribution in [1.29, 1.82) is 0 Å². The maximum absolute atomic E-state index is 13.4. The molecule has 3 aromatic carbocycles. The van der Waals surface area contributed by atoms with Gasteiger partial charge >= 0.3 is 0 Å². The fourth-order valence-corrected chi connectivity index (χ4v) is 3.75. The SMILES string of the molecule is COc1ccc(OC)c(NC2=C(c3ccccc3)C(=O)N(Cc3ccccc3Cl)C2=O)c1. The van der Waals surface area contributed by atoms with E-state index in [4.69, 9.17) is 21.1 Å². The van der Waals surface area contributed by atoms with Crippen LogP contribution in [-0.4, -0.2) is 30.9 Å². The highest BCUT2D eigenvalue weighted by Gasteiger charge is 2.39. The summed E-state index contributed by atoms with van der Waals surface area (Å²) >= 11 is 6.28. The number of ether oxygens (including phenoxy) is 2. The number of nitrogens with one attached hydrogen (secondary N) is 1. The summed E-state index contributed by atoms with van der Waals surface area (Å²) in [5, 5.41) is 3.61. The minimum Gasteiger partial charge on any atom is -0.497 e. The van der Waals surface area contributed by atoms with Crippen LogP contribution in [0.5, 0.6) is 11.5 Å². The Morgan fingerprint density at radius 1 is 0.875 bits per heavy atom. The molecule has 1 N–H and O–H groups in total. The van der Waals surface area contributed by atoms with Crippen molar-refractivity contribution in [1.82, 2.24) is 4.90 Å². The van der Waals surface area contributed by atoms with E-state index in [0.717, 1.165) is 0 Å². The van der Waals surface area contributed by atoms with Gasteiger partial charge in [-0.3, -0.25) is 14.5 Å². The Labute approximate surface area is 191 Å². The Kier molecular flexibility index (Phi) is 6.14. The lowest BCUT2D eigenvalue weighted by atomic mass is 10.0. The number of benzene rings is 3. The third-order valence-electron chi connectivity index (χ3n) is 5.18. The molecule has 0 unspecified atom stereocenters. The number of amides is 2. The lowest BCUT2D eigenvalue weighted by Gasteiger charge is -2.17. The van der Waals surface area contributed by atoms with E-state index in [1.54, 1.807) is 55.6 Å². The van der Waals surface area contributed by atoms with Crippen LogP contribution in [-0.2, 0) is 16.1 Å². The third kappa shape index (κ3) is 4.05. The molecule has 0 fully saturated rings. The number of nitrogens with zero attached hydrogens (tertiary/aromatic N) is 1. The number of hydrogen-bond acceptors (Lipinski definition) is 5. The van der Waals surface area contributed by atoms with Crippen molar-refractivity contribution in [2.75, 3.05) is 19.5 Å². The summed E-state index contributed by atoms with van der Waals surface area (Å²) in [5.41, 5.74) is 2.28. The standard InChI is InChI=1S/C25H21ClN2O4/c1-31-18-12-13-21(32-2)20(14-18)27-23-22(16-8-4-3-5-9-16)24(29)28(25(23)30)15-17-10-6-7-11-19(17)26/h3-14,27H,15H2,1-2H3. The van der Waals surface area contributed by atoms with E-state index in [1.165, 1.54) is 12.0 Å². The zero-order valence-corrected chi connectivity index (χ0v) is 18.3. The number of halogens is 1. The summed E-state index contributed by atoms with van der Waals surface area (Å²) in [6.07, 6.45) is 0. The van der Waals surface area contributed by atoms with Gasteiger partial charge in [-0.15, -0.1) is 0 Å². The largest absolute Gasteiger partial charge is 0.497 e. The Balaban J connectivity index is 1.78. The van der Waals surface area contributed by atoms with Crippen LogP contribution in [0.1, 0.15) is 11.1 Å². The van der Waals surface area contributed by atoms with Crippen LogP contribution < -0.4 is 14.8 Å². The van der Waals surface area contributed by atoms with Crippen molar-refractivity contribution in [2.45, 2.75) is 6.54 Å². The summed E-state index contributed by atoms with van der Waals surface area (Å²) in [6.45, 7) is 0.0636. The molecule has 7 heteroatoms. The smallest absolute Gasteiger partial charge is 0.278 e. The summed E-state index contributed by atoms with van der Waals surface area (Å²) in [5.74, 6) is 0.250. The monoisotopic (exact) mass is 448 g/mol. The second kappa shape index (κ2) is 9.16. The van der Waals surface area contributed by atoms with Crippen LogP contribution in [0.3, 0.4) is 0 Å². The molecule has 0 radical (unpaired) electrons. The van der Waals surface area contributed by atoms with E-state index >= 15 is 0 Å². The molecule has 0 bridgehead atoms. The molecular formula is C25H21ClN2O4. The summed E-state index contributed by atoms with van der Waals surface area (Å²) < 4.78 is 10.7. The number of anilines is 1. The van der Waals surface area contributed by atoms with Gasteiger partial charge in [0, 0.05) is 11.1 Å². The van der Waals surface area contributed by atoms with Gasteiger partial charge in [0.25, 0.3) is 11.8 Å². The second-order valence-electron chi connectivity index (χ2n) is 7.10. The fourth-order valence-electron chi connectivity index (χ4n) is 3.55. The van der Waals surface area contributed by atoms with E-state index in [9.17, 15) is 9.59 Å². The van der Waals surface area contributed by atoms with Crippen molar-refractivity contribution in [3.05, 3.63) is 94.6 Å². The molecule has 1 aliphatic rings. The van der Waals surface area contributed by atoms with Crippen LogP contribution in [0.15, 0.2) is 78.5 Å². The van der Waals surface area contributed by atoms with E-state index in [2.05, 4.69) is 5.32 Å². The van der Waals surface area contributed by atoms with Crippen molar-refractivity contribution in [2.24, 2.45) is 0 Å². The molecule has 1 heterocycles. The van der Waals surface area contributed by atoms with Crippen molar-refractivity contribution >= 4 is 34.7 Å². The minimum absolute atomic E-state index is 0.0636. The first-order valence-electron chi connectivity index (χ1n) is 9.92. The number of carbonyl (C=O) groups is 2. The van der Waals surface area contributed by atoms with E-state index in [-0.39, 0.29) is 17.8 Å². The van der Waals surface area contributed by atoms with Crippen LogP contribution in [0, 0.1) is 0 Å². The van der Waals surface area contributed by atoms with Gasteiger partial charge in [-0.2, -0.15) is 0 Å². The van der Waals surface area contributed by atoms with Gasteiger partial charge < -0.3 is 14.8 Å². The maximum atomic E-state index is 13.4. The predicted octanol–water partition coefficient (Wildman–Crippen LogP) is 4.75. The van der Waals surface area contributed by atoms with Gasteiger partial charge in [0.05, 0.1) is 32.0 Å². The zero-order valence-electron chi connectivity index (χ0n) is 17.6. The number of hydrogen-bond donors (Lipinski definition) is 1. The Morgan fingerprint density at radius 3 is 2.28 bits per heavy atom. The van der Waals surface area contributed by atoms with E-state index < -0.39 is 11.8 Å². The molecule has 0 saturated carbocycles. The van der Waals surface area contributed by atoms with Crippen LogP contribution >= 0.6 is 11.6 Å². The summed E-state index contributed by atoms with van der Waals surface area (Å²) in [6, 6.07) is 21.4. The van der Waals surface area contributed by atoms with Crippen molar-refractivity contribution in [3.8, 4) is 11.5 Å². The second-order valence-corrected chi connectivity index (χ2v) is 7.50. The molecule has 2 amide bonds. The Hall–Kier alpha value is -3.77. The highest BCUT2D eigenvalue weighted by atomic mass is 35.5. The first-order chi connectivity index (χ1) is 15.5. The molecule has 32 heavy (non-hydrogen) atoms. The molecule has 0 spiro atoms. The Morgan fingerprint density at radius 2 is 1.59 bits per heavy atom. The molecule has 4 rings (SSSR count). The van der Waals surface area contributed by atoms with Gasteiger partial charge in [0.1, 0.15) is 17.2 Å². The van der Waals surface area contributed by atoms with E-state index in [0.29, 0.717) is 33.3 Å². The molecule has 0 saturated heterocycles. The maximum Gasteiger partial charge on any atom is 0.278 e. The number of carbonyl (C=O) groups excluding carboxylic acids is 2. The van der Waals surface area contributed by atoms with Crippen molar-refractivity contribution in [3.63, 3.8) is 0 Å². The number of methoxy groups -OCH3 is 2. The fraction of sp³-hybridized carbons (Fsp3) is 0.120. The number of rotatable bonds is 7. The Bertz CT molecular complexity index is 1210. The molecule has 0 atom stereocenters. The zero-order chi connectivity index (χ0) is 22.7. The highest BCUT2D eigenvalue weighted by Crippen LogP contribution is 2.36. The average molecular weight is 449 g/mol. The van der Waals surface area contributed by atoms with Gasteiger partial charge in [-0.25, -0.2) is 0 Å². The summed E-state index contributed by atoms with van der Waals surface area (Å²) in [7, 11) is 3.08. The minimum atomic E-state index is -0.446. The predicted molar refractivity (Wildman–Crippen MR) is 124 cm³/mol. The molecule has 6 nitrogen and oxygen atoms in total. The summed E-state index contributed by atoms with van der Waals surface area (Å²) in [4.78, 5) is 28.1. The molecule has 0 aromatic heterocycles. The number of imide groups is 1. The van der Waals surface area contributed by atoms with Gasteiger partial charge in [0.2, 0.25) is 0 Å². The van der Waals surface area contributed by atoms with Crippen LogP contribution in [0.25, 0.3) is 5.57 Å². The lowest BCUT2D eigenvalue weighted by Crippen LogP contribution is -2.32. The molecule has 162 valence electrons. The van der Waals surface area contributed by atoms with Gasteiger partial charge in [-0.05, 0) is 29.3 Å². The normalized spacial score (nSPS) is 13.5.